The van der Waals surface area contributed by atoms with Crippen LogP contribution in [0.2, 0.25) is 0 Å². The van der Waals surface area contributed by atoms with Crippen molar-refractivity contribution in [1.82, 2.24) is 5.01 Å². The molecule has 3 heterocycles. The largest absolute Gasteiger partial charge is 0.493 e. The number of benzene rings is 2. The molecular formula is C23H19BrN2O4S. The number of hydrazone groups is 1. The number of carbonyl (C=O) groups excluding carboxylic acids is 1. The van der Waals surface area contributed by atoms with E-state index in [1.54, 1.807) is 24.5 Å². The fraction of sp³-hybridized carbons (Fsp3) is 0.217. The average molecular weight is 499 g/mol. The standard InChI is InChI=1S/C23H19BrN2O4S/c1-13(27)29-21-11-16(24)15(10-20(21)28-2)23-26-18(14-6-3-4-7-19(14)30-23)12-17(25-26)22-8-5-9-31-22/h3-11,18,23H,12H2,1-2H3/t18-,23-/m0/s1. The Hall–Kier alpha value is -2.84. The number of nitrogens with zero attached hydrogens (tertiary/aromatic N) is 2. The van der Waals surface area contributed by atoms with Crippen molar-refractivity contribution < 1.29 is 19.0 Å². The smallest absolute Gasteiger partial charge is 0.308 e. The number of halogens is 1. The molecular weight excluding hydrogens is 480 g/mol. The molecule has 2 aromatic carbocycles. The molecule has 2 atom stereocenters. The van der Waals surface area contributed by atoms with Crippen molar-refractivity contribution in [2.45, 2.75) is 25.6 Å². The highest BCUT2D eigenvalue weighted by Crippen LogP contribution is 2.49. The van der Waals surface area contributed by atoms with E-state index in [0.717, 1.165) is 38.4 Å². The van der Waals surface area contributed by atoms with E-state index in [1.807, 2.05) is 35.3 Å². The second kappa shape index (κ2) is 8.01. The van der Waals surface area contributed by atoms with E-state index >= 15 is 0 Å². The molecule has 2 aliphatic heterocycles. The topological polar surface area (TPSA) is 60.4 Å². The molecule has 0 saturated heterocycles. The average Bonchev–Trinajstić information content (AvgIpc) is 3.43. The van der Waals surface area contributed by atoms with Gasteiger partial charge in [-0.1, -0.05) is 40.2 Å². The first-order chi connectivity index (χ1) is 15.0. The van der Waals surface area contributed by atoms with Gasteiger partial charge in [-0.15, -0.1) is 11.3 Å². The van der Waals surface area contributed by atoms with Crippen molar-refractivity contribution in [1.29, 1.82) is 0 Å². The number of fused-ring (bicyclic) bond motifs is 3. The van der Waals surface area contributed by atoms with Crippen LogP contribution in [0, 0.1) is 0 Å². The van der Waals surface area contributed by atoms with Crippen LogP contribution in [0.5, 0.6) is 17.2 Å². The minimum Gasteiger partial charge on any atom is -0.493 e. The summed E-state index contributed by atoms with van der Waals surface area (Å²) < 4.78 is 18.0. The van der Waals surface area contributed by atoms with Crippen LogP contribution >= 0.6 is 27.3 Å². The van der Waals surface area contributed by atoms with Crippen molar-refractivity contribution in [3.05, 3.63) is 74.4 Å². The SMILES string of the molecule is COc1cc([C@@H]2Oc3ccccc3[C@@H]3CC(c4cccs4)=NN32)c(Br)cc1OC(C)=O. The monoisotopic (exact) mass is 498 g/mol. The Morgan fingerprint density at radius 2 is 2.03 bits per heavy atom. The summed E-state index contributed by atoms with van der Waals surface area (Å²) in [7, 11) is 1.54. The Bertz CT molecular complexity index is 1180. The number of hydrogen-bond acceptors (Lipinski definition) is 7. The maximum atomic E-state index is 11.5. The lowest BCUT2D eigenvalue weighted by molar-refractivity contribution is -0.132. The fourth-order valence-corrected chi connectivity index (χ4v) is 5.20. The van der Waals surface area contributed by atoms with Crippen LogP contribution in [-0.2, 0) is 4.79 Å². The summed E-state index contributed by atoms with van der Waals surface area (Å²) in [6, 6.07) is 15.8. The maximum Gasteiger partial charge on any atom is 0.308 e. The Morgan fingerprint density at radius 3 is 2.77 bits per heavy atom. The lowest BCUT2D eigenvalue weighted by Gasteiger charge is -2.38. The second-order valence-electron chi connectivity index (χ2n) is 7.25. The Labute approximate surface area is 192 Å². The lowest BCUT2D eigenvalue weighted by Crippen LogP contribution is -2.34. The van der Waals surface area contributed by atoms with E-state index in [0.29, 0.717) is 11.5 Å². The molecule has 2 aliphatic rings. The molecule has 8 heteroatoms. The zero-order chi connectivity index (χ0) is 21.5. The van der Waals surface area contributed by atoms with E-state index in [4.69, 9.17) is 19.3 Å². The third-order valence-corrected chi connectivity index (χ3v) is 6.91. The number of hydrogen-bond donors (Lipinski definition) is 0. The minimum atomic E-state index is -0.466. The van der Waals surface area contributed by atoms with Gasteiger partial charge >= 0.3 is 5.97 Å². The predicted octanol–water partition coefficient (Wildman–Crippen LogP) is 5.69. The van der Waals surface area contributed by atoms with Gasteiger partial charge in [0.1, 0.15) is 5.75 Å². The first-order valence-electron chi connectivity index (χ1n) is 9.76. The van der Waals surface area contributed by atoms with Crippen LogP contribution in [0.3, 0.4) is 0 Å². The molecule has 0 bridgehead atoms. The molecule has 0 radical (unpaired) electrons. The first-order valence-corrected chi connectivity index (χ1v) is 11.4. The molecule has 0 fully saturated rings. The summed E-state index contributed by atoms with van der Waals surface area (Å²) in [4.78, 5) is 12.6. The van der Waals surface area contributed by atoms with Gasteiger partial charge in [-0.05, 0) is 29.6 Å². The molecule has 1 aromatic heterocycles. The summed E-state index contributed by atoms with van der Waals surface area (Å²) in [5.41, 5.74) is 3.00. The van der Waals surface area contributed by atoms with Gasteiger partial charge < -0.3 is 14.2 Å². The highest BCUT2D eigenvalue weighted by molar-refractivity contribution is 9.10. The van der Waals surface area contributed by atoms with Gasteiger partial charge in [0.25, 0.3) is 0 Å². The van der Waals surface area contributed by atoms with E-state index in [9.17, 15) is 4.79 Å². The molecule has 3 aromatic rings. The predicted molar refractivity (Wildman–Crippen MR) is 122 cm³/mol. The van der Waals surface area contributed by atoms with Crippen molar-refractivity contribution in [2.75, 3.05) is 7.11 Å². The highest BCUT2D eigenvalue weighted by Gasteiger charge is 2.42. The number of thiophene rings is 1. The third-order valence-electron chi connectivity index (χ3n) is 5.31. The minimum absolute atomic E-state index is 0.0677. The summed E-state index contributed by atoms with van der Waals surface area (Å²) >= 11 is 5.31. The van der Waals surface area contributed by atoms with Crippen LogP contribution in [-0.4, -0.2) is 23.8 Å². The number of carbonyl (C=O) groups is 1. The highest BCUT2D eigenvalue weighted by atomic mass is 79.9. The van der Waals surface area contributed by atoms with Crippen molar-refractivity contribution in [2.24, 2.45) is 5.10 Å². The van der Waals surface area contributed by atoms with Crippen molar-refractivity contribution >= 4 is 38.9 Å². The van der Waals surface area contributed by atoms with E-state index in [2.05, 4.69) is 33.4 Å². The van der Waals surface area contributed by atoms with E-state index in [-0.39, 0.29) is 6.04 Å². The van der Waals surface area contributed by atoms with Crippen molar-refractivity contribution in [3.63, 3.8) is 0 Å². The van der Waals surface area contributed by atoms with Gasteiger partial charge in [-0.2, -0.15) is 5.10 Å². The summed E-state index contributed by atoms with van der Waals surface area (Å²) in [5.74, 6) is 1.23. The Kier molecular flexibility index (Phi) is 5.19. The molecule has 0 N–H and O–H groups in total. The number of esters is 1. The van der Waals surface area contributed by atoms with Crippen molar-refractivity contribution in [3.8, 4) is 17.2 Å². The number of rotatable bonds is 4. The van der Waals surface area contributed by atoms with Crippen LogP contribution < -0.4 is 14.2 Å². The molecule has 5 rings (SSSR count). The van der Waals surface area contributed by atoms with Crippen LogP contribution in [0.25, 0.3) is 0 Å². The first kappa shape index (κ1) is 20.1. The number of para-hydroxylation sites is 1. The van der Waals surface area contributed by atoms with Gasteiger partial charge in [-0.25, -0.2) is 5.01 Å². The quantitative estimate of drug-likeness (QED) is 0.341. The number of ether oxygens (including phenoxy) is 3. The molecule has 31 heavy (non-hydrogen) atoms. The Balaban J connectivity index is 1.60. The normalized spacial score (nSPS) is 19.2. The van der Waals surface area contributed by atoms with Crippen LogP contribution in [0.1, 0.15) is 41.6 Å². The van der Waals surface area contributed by atoms with Gasteiger partial charge in [0.2, 0.25) is 6.23 Å². The van der Waals surface area contributed by atoms with E-state index < -0.39 is 12.2 Å². The molecule has 0 saturated carbocycles. The lowest BCUT2D eigenvalue weighted by atomic mass is 9.97. The number of methoxy groups -OCH3 is 1. The fourth-order valence-electron chi connectivity index (χ4n) is 3.97. The van der Waals surface area contributed by atoms with Gasteiger partial charge in [-0.3, -0.25) is 4.79 Å². The van der Waals surface area contributed by atoms with Gasteiger partial charge in [0, 0.05) is 28.9 Å². The molecule has 6 nitrogen and oxygen atoms in total. The maximum absolute atomic E-state index is 11.5. The third kappa shape index (κ3) is 3.59. The molecule has 158 valence electrons. The van der Waals surface area contributed by atoms with Crippen LogP contribution in [0.4, 0.5) is 0 Å². The summed E-state index contributed by atoms with van der Waals surface area (Å²) in [6.45, 7) is 1.36. The second-order valence-corrected chi connectivity index (χ2v) is 9.05. The summed E-state index contributed by atoms with van der Waals surface area (Å²) in [5, 5.41) is 9.04. The van der Waals surface area contributed by atoms with Gasteiger partial charge in [0.05, 0.1) is 23.7 Å². The molecule has 0 aliphatic carbocycles. The summed E-state index contributed by atoms with van der Waals surface area (Å²) in [6.07, 6.45) is 0.338. The Morgan fingerprint density at radius 1 is 1.19 bits per heavy atom. The molecule has 0 spiro atoms. The van der Waals surface area contributed by atoms with Crippen LogP contribution in [0.15, 0.2) is 63.5 Å². The zero-order valence-corrected chi connectivity index (χ0v) is 19.3. The molecule has 0 amide bonds. The molecule has 0 unspecified atom stereocenters. The van der Waals surface area contributed by atoms with Gasteiger partial charge in [0.15, 0.2) is 11.5 Å². The zero-order valence-electron chi connectivity index (χ0n) is 16.9. The van der Waals surface area contributed by atoms with E-state index in [1.165, 1.54) is 6.92 Å².